The molecule has 0 aliphatic heterocycles. The van der Waals surface area contributed by atoms with Crippen LogP contribution in [0.4, 0.5) is 5.00 Å². The second-order valence-electron chi connectivity index (χ2n) is 7.42. The molecule has 1 aliphatic rings. The lowest BCUT2D eigenvalue weighted by molar-refractivity contribution is -0.675. The SMILES string of the molecule is Cc1ccc([C@@H]([NH2+]CC(=O)Nc2sc3c(c2C#N)CCCC3)c2cccs2)cc1. The number of nitrogens with one attached hydrogen (secondary N) is 1. The number of thiophene rings is 2. The molecule has 4 rings (SSSR count). The van der Waals surface area contributed by atoms with Crippen LogP contribution >= 0.6 is 22.7 Å². The van der Waals surface area contributed by atoms with Gasteiger partial charge in [0.1, 0.15) is 17.1 Å². The summed E-state index contributed by atoms with van der Waals surface area (Å²) in [4.78, 5) is 15.2. The molecule has 1 atom stereocenters. The standard InChI is InChI=1S/C23H23N3OS2/c1-15-8-10-16(11-9-15)22(20-7-4-12-28-20)25-14-21(27)26-23-18(13-24)17-5-2-3-6-19(17)29-23/h4,7-12,22,25H,2-3,5-6,14H2,1H3,(H,26,27)/p+1/t22-/m1/s1. The van der Waals surface area contributed by atoms with Crippen molar-refractivity contribution in [3.63, 3.8) is 0 Å². The van der Waals surface area contributed by atoms with E-state index >= 15 is 0 Å². The van der Waals surface area contributed by atoms with Crippen LogP contribution in [0.3, 0.4) is 0 Å². The Kier molecular flexibility index (Phi) is 6.10. The number of nitrogens with zero attached hydrogens (tertiary/aromatic N) is 1. The Morgan fingerprint density at radius 2 is 2.03 bits per heavy atom. The minimum absolute atomic E-state index is 0.0613. The van der Waals surface area contributed by atoms with Gasteiger partial charge >= 0.3 is 0 Å². The molecule has 0 saturated heterocycles. The second kappa shape index (κ2) is 8.91. The van der Waals surface area contributed by atoms with Crippen LogP contribution in [0.15, 0.2) is 41.8 Å². The number of nitrogens with two attached hydrogens (primary N) is 1. The van der Waals surface area contributed by atoms with Gasteiger partial charge in [0.2, 0.25) is 0 Å². The van der Waals surface area contributed by atoms with Gasteiger partial charge < -0.3 is 10.6 Å². The Morgan fingerprint density at radius 1 is 1.24 bits per heavy atom. The molecule has 0 unspecified atom stereocenters. The molecular weight excluding hydrogens is 398 g/mol. The predicted octanol–water partition coefficient (Wildman–Crippen LogP) is 4.16. The number of hydrogen-bond donors (Lipinski definition) is 2. The highest BCUT2D eigenvalue weighted by Gasteiger charge is 2.24. The topological polar surface area (TPSA) is 69.5 Å². The minimum atomic E-state index is -0.0613. The molecule has 2 aromatic heterocycles. The molecule has 3 N–H and O–H groups in total. The lowest BCUT2D eigenvalue weighted by Crippen LogP contribution is -2.87. The van der Waals surface area contributed by atoms with Crippen molar-refractivity contribution in [2.45, 2.75) is 38.6 Å². The summed E-state index contributed by atoms with van der Waals surface area (Å²) in [6, 6.07) is 15.1. The molecule has 1 aromatic carbocycles. The average molecular weight is 423 g/mol. The van der Waals surface area contributed by atoms with E-state index < -0.39 is 0 Å². The van der Waals surface area contributed by atoms with Gasteiger partial charge in [-0.3, -0.25) is 4.79 Å². The number of fused-ring (bicyclic) bond motifs is 1. The fourth-order valence-corrected chi connectivity index (χ4v) is 5.94. The van der Waals surface area contributed by atoms with Crippen molar-refractivity contribution in [3.05, 3.63) is 73.8 Å². The van der Waals surface area contributed by atoms with Crippen molar-refractivity contribution in [3.8, 4) is 6.07 Å². The molecule has 4 nitrogen and oxygen atoms in total. The van der Waals surface area contributed by atoms with E-state index in [1.165, 1.54) is 27.3 Å². The lowest BCUT2D eigenvalue weighted by atomic mass is 9.96. The van der Waals surface area contributed by atoms with E-state index in [-0.39, 0.29) is 11.9 Å². The number of hydrogen-bond acceptors (Lipinski definition) is 4. The number of carbonyl (C=O) groups is 1. The molecule has 6 heteroatoms. The molecule has 0 saturated carbocycles. The van der Waals surface area contributed by atoms with Crippen LogP contribution in [-0.4, -0.2) is 12.5 Å². The van der Waals surface area contributed by atoms with E-state index in [0.717, 1.165) is 29.8 Å². The van der Waals surface area contributed by atoms with Gasteiger partial charge in [-0.2, -0.15) is 5.26 Å². The van der Waals surface area contributed by atoms with Crippen LogP contribution in [-0.2, 0) is 17.6 Å². The number of quaternary nitrogens is 1. The molecule has 1 aliphatic carbocycles. The molecule has 148 valence electrons. The van der Waals surface area contributed by atoms with E-state index in [0.29, 0.717) is 12.1 Å². The molecule has 29 heavy (non-hydrogen) atoms. The van der Waals surface area contributed by atoms with Crippen LogP contribution < -0.4 is 10.6 Å². The molecular formula is C23H24N3OS2+. The molecule has 0 fully saturated rings. The van der Waals surface area contributed by atoms with Crippen molar-refractivity contribution < 1.29 is 10.1 Å². The van der Waals surface area contributed by atoms with Gasteiger partial charge in [-0.05, 0) is 49.6 Å². The zero-order valence-electron chi connectivity index (χ0n) is 16.4. The summed E-state index contributed by atoms with van der Waals surface area (Å²) in [5.41, 5.74) is 4.24. The average Bonchev–Trinajstić information content (AvgIpc) is 3.37. The third-order valence-corrected chi connectivity index (χ3v) is 7.52. The lowest BCUT2D eigenvalue weighted by Gasteiger charge is -2.15. The third-order valence-electron chi connectivity index (χ3n) is 5.36. The minimum Gasteiger partial charge on any atom is -0.328 e. The van der Waals surface area contributed by atoms with Crippen molar-refractivity contribution in [1.82, 2.24) is 0 Å². The van der Waals surface area contributed by atoms with Crippen molar-refractivity contribution in [2.24, 2.45) is 0 Å². The largest absolute Gasteiger partial charge is 0.328 e. The first-order valence-electron chi connectivity index (χ1n) is 9.93. The zero-order chi connectivity index (χ0) is 20.2. The fourth-order valence-electron chi connectivity index (χ4n) is 3.83. The predicted molar refractivity (Wildman–Crippen MR) is 118 cm³/mol. The van der Waals surface area contributed by atoms with E-state index in [4.69, 9.17) is 0 Å². The molecule has 1 amide bonds. The maximum atomic E-state index is 12.7. The second-order valence-corrected chi connectivity index (χ2v) is 9.50. The zero-order valence-corrected chi connectivity index (χ0v) is 18.0. The van der Waals surface area contributed by atoms with E-state index in [9.17, 15) is 10.1 Å². The number of nitriles is 1. The quantitative estimate of drug-likeness (QED) is 0.626. The van der Waals surface area contributed by atoms with Crippen LogP contribution in [0.5, 0.6) is 0 Å². The summed E-state index contributed by atoms with van der Waals surface area (Å²) >= 11 is 3.28. The maximum absolute atomic E-state index is 12.7. The molecule has 0 bridgehead atoms. The highest BCUT2D eigenvalue weighted by atomic mass is 32.1. The number of anilines is 1. The summed E-state index contributed by atoms with van der Waals surface area (Å²) in [7, 11) is 0. The van der Waals surface area contributed by atoms with Crippen LogP contribution in [0.1, 0.15) is 50.9 Å². The smallest absolute Gasteiger partial charge is 0.280 e. The van der Waals surface area contributed by atoms with Gasteiger partial charge in [-0.25, -0.2) is 0 Å². The van der Waals surface area contributed by atoms with Gasteiger partial charge in [0, 0.05) is 10.4 Å². The number of aryl methyl sites for hydroxylation is 2. The summed E-state index contributed by atoms with van der Waals surface area (Å²) < 4.78 is 0. The van der Waals surface area contributed by atoms with Crippen LogP contribution in [0.2, 0.25) is 0 Å². The third kappa shape index (κ3) is 4.43. The number of carbonyl (C=O) groups excluding carboxylic acids is 1. The Morgan fingerprint density at radius 3 is 2.76 bits per heavy atom. The van der Waals surface area contributed by atoms with Crippen molar-refractivity contribution in [2.75, 3.05) is 11.9 Å². The first kappa shape index (κ1) is 19.8. The first-order chi connectivity index (χ1) is 14.2. The summed E-state index contributed by atoms with van der Waals surface area (Å²) in [6.07, 6.45) is 4.26. The van der Waals surface area contributed by atoms with Gasteiger partial charge in [0.05, 0.1) is 10.4 Å². The summed E-state index contributed by atoms with van der Waals surface area (Å²) in [5, 5.41) is 17.5. The highest BCUT2D eigenvalue weighted by Crippen LogP contribution is 2.37. The fraction of sp³-hybridized carbons (Fsp3) is 0.304. The number of benzene rings is 1. The summed E-state index contributed by atoms with van der Waals surface area (Å²) in [6.45, 7) is 2.39. The molecule has 0 radical (unpaired) electrons. The van der Waals surface area contributed by atoms with Crippen molar-refractivity contribution in [1.29, 1.82) is 5.26 Å². The molecule has 2 heterocycles. The van der Waals surface area contributed by atoms with Crippen LogP contribution in [0.25, 0.3) is 0 Å². The van der Waals surface area contributed by atoms with Gasteiger partial charge in [-0.15, -0.1) is 22.7 Å². The normalized spacial score (nSPS) is 14.1. The van der Waals surface area contributed by atoms with Gasteiger partial charge in [-0.1, -0.05) is 35.9 Å². The molecule has 0 spiro atoms. The van der Waals surface area contributed by atoms with E-state index in [1.807, 2.05) is 6.07 Å². The van der Waals surface area contributed by atoms with Crippen LogP contribution in [0, 0.1) is 18.3 Å². The van der Waals surface area contributed by atoms with Gasteiger partial charge in [0.15, 0.2) is 6.54 Å². The first-order valence-corrected chi connectivity index (χ1v) is 11.6. The Hall–Kier alpha value is -2.46. The monoisotopic (exact) mass is 422 g/mol. The highest BCUT2D eigenvalue weighted by molar-refractivity contribution is 7.16. The number of rotatable bonds is 6. The molecule has 3 aromatic rings. The van der Waals surface area contributed by atoms with E-state index in [1.54, 1.807) is 22.7 Å². The Balaban J connectivity index is 1.47. The maximum Gasteiger partial charge on any atom is 0.280 e. The Labute approximate surface area is 179 Å². The number of amides is 1. The summed E-state index contributed by atoms with van der Waals surface area (Å²) in [5.74, 6) is -0.0613. The van der Waals surface area contributed by atoms with Gasteiger partial charge in [0.25, 0.3) is 5.91 Å². The Bertz CT molecular complexity index is 1030. The van der Waals surface area contributed by atoms with Crippen molar-refractivity contribution >= 4 is 33.6 Å². The van der Waals surface area contributed by atoms with E-state index in [2.05, 4.69) is 59.3 Å².